The predicted octanol–water partition coefficient (Wildman–Crippen LogP) is 0.327. The number of hydrogen-bond acceptors (Lipinski definition) is 3. The molecule has 0 radical (unpaired) electrons. The van der Waals surface area contributed by atoms with Gasteiger partial charge in [0, 0.05) is 6.04 Å². The fourth-order valence-electron chi connectivity index (χ4n) is 1.46. The van der Waals surface area contributed by atoms with E-state index in [1.807, 2.05) is 32.0 Å². The molecule has 0 saturated carbocycles. The van der Waals surface area contributed by atoms with Gasteiger partial charge in [-0.15, -0.1) is 0 Å². The molecule has 0 heterocycles. The highest BCUT2D eigenvalue weighted by molar-refractivity contribution is 5.88. The predicted molar refractivity (Wildman–Crippen MR) is 69.7 cm³/mol. The molecule has 4 N–H and O–H groups in total. The summed E-state index contributed by atoms with van der Waals surface area (Å²) in [7, 11) is 0. The first-order valence-electron chi connectivity index (χ1n) is 5.88. The van der Waals surface area contributed by atoms with E-state index in [1.165, 1.54) is 0 Å². The van der Waals surface area contributed by atoms with Crippen molar-refractivity contribution < 1.29 is 9.59 Å². The van der Waals surface area contributed by atoms with Crippen molar-refractivity contribution in [2.75, 3.05) is 6.54 Å². The summed E-state index contributed by atoms with van der Waals surface area (Å²) in [5.41, 5.74) is 6.50. The van der Waals surface area contributed by atoms with E-state index in [0.29, 0.717) is 0 Å². The molecule has 0 aliphatic heterocycles. The average Bonchev–Trinajstić information content (AvgIpc) is 2.35. The molecule has 0 fully saturated rings. The Labute approximate surface area is 107 Å². The minimum absolute atomic E-state index is 0.0530. The van der Waals surface area contributed by atoms with Crippen LogP contribution in [0.25, 0.3) is 0 Å². The second-order valence-electron chi connectivity index (χ2n) is 4.33. The number of nitrogens with one attached hydrogen (secondary N) is 2. The molecule has 18 heavy (non-hydrogen) atoms. The first-order chi connectivity index (χ1) is 8.50. The third kappa shape index (κ3) is 4.55. The van der Waals surface area contributed by atoms with E-state index >= 15 is 0 Å². The van der Waals surface area contributed by atoms with Crippen LogP contribution in [0.1, 0.15) is 25.5 Å². The number of carbonyl (C=O) groups is 2. The summed E-state index contributed by atoms with van der Waals surface area (Å²) in [6, 6.07) is 8.33. The van der Waals surface area contributed by atoms with Crippen LogP contribution in [0.4, 0.5) is 0 Å². The van der Waals surface area contributed by atoms with Crippen molar-refractivity contribution in [3.05, 3.63) is 35.9 Å². The van der Waals surface area contributed by atoms with Crippen molar-refractivity contribution >= 4 is 11.8 Å². The fourth-order valence-corrected chi connectivity index (χ4v) is 1.46. The van der Waals surface area contributed by atoms with Crippen molar-refractivity contribution in [1.82, 2.24) is 10.6 Å². The van der Waals surface area contributed by atoms with Gasteiger partial charge in [-0.25, -0.2) is 0 Å². The minimum atomic E-state index is -0.752. The summed E-state index contributed by atoms with van der Waals surface area (Å²) in [5.74, 6) is -0.585. The lowest BCUT2D eigenvalue weighted by Gasteiger charge is -2.13. The van der Waals surface area contributed by atoms with Gasteiger partial charge in [0.05, 0.1) is 6.54 Å². The summed E-state index contributed by atoms with van der Waals surface area (Å²) in [6.07, 6.45) is 0. The van der Waals surface area contributed by atoms with Gasteiger partial charge in [-0.3, -0.25) is 9.59 Å². The highest BCUT2D eigenvalue weighted by Gasteiger charge is 2.15. The Balaban J connectivity index is 2.44. The van der Waals surface area contributed by atoms with Gasteiger partial charge >= 0.3 is 0 Å². The van der Waals surface area contributed by atoms with Crippen molar-refractivity contribution in [1.29, 1.82) is 0 Å². The molecule has 0 spiro atoms. The van der Waals surface area contributed by atoms with Crippen molar-refractivity contribution in [2.24, 2.45) is 5.73 Å². The molecule has 1 aromatic rings. The van der Waals surface area contributed by atoms with Gasteiger partial charge in [-0.1, -0.05) is 30.3 Å². The number of carbonyl (C=O) groups excluding carboxylic acids is 2. The van der Waals surface area contributed by atoms with Crippen LogP contribution in [0.5, 0.6) is 0 Å². The zero-order valence-corrected chi connectivity index (χ0v) is 10.6. The van der Waals surface area contributed by atoms with Crippen molar-refractivity contribution in [3.8, 4) is 0 Å². The maximum absolute atomic E-state index is 11.7. The van der Waals surface area contributed by atoms with E-state index < -0.39 is 6.04 Å². The Bertz CT molecular complexity index is 404. The van der Waals surface area contributed by atoms with Crippen molar-refractivity contribution in [2.45, 2.75) is 25.9 Å². The Hall–Kier alpha value is -1.88. The van der Waals surface area contributed by atoms with Gasteiger partial charge in [0.25, 0.3) is 0 Å². The zero-order chi connectivity index (χ0) is 13.5. The molecule has 0 aromatic heterocycles. The van der Waals surface area contributed by atoms with E-state index in [9.17, 15) is 9.59 Å². The summed E-state index contributed by atoms with van der Waals surface area (Å²) in [4.78, 5) is 23.1. The highest BCUT2D eigenvalue weighted by Crippen LogP contribution is 2.08. The smallest absolute Gasteiger partial charge is 0.241 e. The number of amides is 2. The molecule has 98 valence electrons. The maximum atomic E-state index is 11.7. The van der Waals surface area contributed by atoms with Crippen molar-refractivity contribution in [3.63, 3.8) is 0 Å². The molecule has 1 rings (SSSR count). The molecule has 5 heteroatoms. The Morgan fingerprint density at radius 1 is 1.22 bits per heavy atom. The second kappa shape index (κ2) is 6.76. The van der Waals surface area contributed by atoms with Gasteiger partial charge in [0.2, 0.25) is 11.8 Å². The van der Waals surface area contributed by atoms with Crippen LogP contribution in [0.15, 0.2) is 30.3 Å². The van der Waals surface area contributed by atoms with Gasteiger partial charge < -0.3 is 16.4 Å². The quantitative estimate of drug-likeness (QED) is 0.703. The SMILES string of the molecule is CC(C)NC(=O)CNC(=O)[C@@H](N)c1ccccc1. The number of hydrogen-bond donors (Lipinski definition) is 3. The Kier molecular flexibility index (Phi) is 5.32. The third-order valence-electron chi connectivity index (χ3n) is 2.31. The number of rotatable bonds is 5. The molecule has 1 atom stereocenters. The van der Waals surface area contributed by atoms with Crippen LogP contribution >= 0.6 is 0 Å². The molecular formula is C13H19N3O2. The van der Waals surface area contributed by atoms with Crippen LogP contribution in [-0.2, 0) is 9.59 Å². The van der Waals surface area contributed by atoms with Gasteiger partial charge in [-0.05, 0) is 19.4 Å². The molecule has 0 bridgehead atoms. The second-order valence-corrected chi connectivity index (χ2v) is 4.33. The van der Waals surface area contributed by atoms with Gasteiger partial charge in [0.15, 0.2) is 0 Å². The number of benzene rings is 1. The monoisotopic (exact) mass is 249 g/mol. The Morgan fingerprint density at radius 2 is 1.83 bits per heavy atom. The van der Waals surface area contributed by atoms with E-state index in [-0.39, 0.29) is 24.4 Å². The van der Waals surface area contributed by atoms with Crippen LogP contribution in [0.2, 0.25) is 0 Å². The molecule has 0 saturated heterocycles. The highest BCUT2D eigenvalue weighted by atomic mass is 16.2. The third-order valence-corrected chi connectivity index (χ3v) is 2.31. The minimum Gasteiger partial charge on any atom is -0.352 e. The lowest BCUT2D eigenvalue weighted by Crippen LogP contribution is -2.42. The maximum Gasteiger partial charge on any atom is 0.241 e. The average molecular weight is 249 g/mol. The summed E-state index contributed by atoms with van der Waals surface area (Å²) in [6.45, 7) is 3.66. The molecule has 0 aliphatic rings. The van der Waals surface area contributed by atoms with Crippen LogP contribution in [0.3, 0.4) is 0 Å². The molecule has 1 aromatic carbocycles. The van der Waals surface area contributed by atoms with E-state index in [2.05, 4.69) is 10.6 Å². The molecule has 5 nitrogen and oxygen atoms in total. The topological polar surface area (TPSA) is 84.2 Å². The first kappa shape index (κ1) is 14.2. The Morgan fingerprint density at radius 3 is 2.39 bits per heavy atom. The summed E-state index contributed by atoms with van der Waals surface area (Å²) >= 11 is 0. The molecular weight excluding hydrogens is 230 g/mol. The lowest BCUT2D eigenvalue weighted by molar-refractivity contribution is -0.127. The molecule has 0 aliphatic carbocycles. The zero-order valence-electron chi connectivity index (χ0n) is 10.6. The molecule has 2 amide bonds. The summed E-state index contributed by atoms with van der Waals surface area (Å²) in [5, 5.41) is 5.19. The van der Waals surface area contributed by atoms with Crippen LogP contribution in [0, 0.1) is 0 Å². The van der Waals surface area contributed by atoms with E-state index in [1.54, 1.807) is 12.1 Å². The lowest BCUT2D eigenvalue weighted by atomic mass is 10.1. The van der Waals surface area contributed by atoms with Gasteiger partial charge in [0.1, 0.15) is 6.04 Å². The number of nitrogens with two attached hydrogens (primary N) is 1. The van der Waals surface area contributed by atoms with E-state index in [4.69, 9.17) is 5.73 Å². The van der Waals surface area contributed by atoms with Gasteiger partial charge in [-0.2, -0.15) is 0 Å². The largest absolute Gasteiger partial charge is 0.352 e. The van der Waals surface area contributed by atoms with Crippen LogP contribution in [-0.4, -0.2) is 24.4 Å². The standard InChI is InChI=1S/C13H19N3O2/c1-9(2)16-11(17)8-15-13(18)12(14)10-6-4-3-5-7-10/h3-7,9,12H,8,14H2,1-2H3,(H,15,18)(H,16,17)/t12-/m0/s1. The summed E-state index contributed by atoms with van der Waals surface area (Å²) < 4.78 is 0. The normalized spacial score (nSPS) is 12.0. The molecule has 0 unspecified atom stereocenters. The van der Waals surface area contributed by atoms with Crippen LogP contribution < -0.4 is 16.4 Å². The van der Waals surface area contributed by atoms with E-state index in [0.717, 1.165) is 5.56 Å². The first-order valence-corrected chi connectivity index (χ1v) is 5.88. The fraction of sp³-hybridized carbons (Fsp3) is 0.385.